The summed E-state index contributed by atoms with van der Waals surface area (Å²) in [5.41, 5.74) is -0.351. The summed E-state index contributed by atoms with van der Waals surface area (Å²) >= 11 is 6.01. The van der Waals surface area contributed by atoms with E-state index >= 15 is 0 Å². The average Bonchev–Trinajstić information content (AvgIpc) is 1.99. The van der Waals surface area contributed by atoms with Crippen molar-refractivity contribution in [2.45, 2.75) is 11.6 Å². The molecule has 1 aliphatic rings. The van der Waals surface area contributed by atoms with E-state index in [4.69, 9.17) is 13.7 Å². The van der Waals surface area contributed by atoms with E-state index in [0.717, 1.165) is 0 Å². The third-order valence-electron chi connectivity index (χ3n) is 1.75. The molecule has 0 aromatic rings. The fourth-order valence-corrected chi connectivity index (χ4v) is 1.53. The number of hydrogen-bond acceptors (Lipinski definition) is 3. The predicted octanol–water partition coefficient (Wildman–Crippen LogP) is 1.39. The van der Waals surface area contributed by atoms with Gasteiger partial charge in [-0.15, -0.1) is 0 Å². The van der Waals surface area contributed by atoms with Gasteiger partial charge in [-0.25, -0.2) is 0 Å². The fourth-order valence-electron chi connectivity index (χ4n) is 0.688. The van der Waals surface area contributed by atoms with Gasteiger partial charge < -0.3 is 9.84 Å². The summed E-state index contributed by atoms with van der Waals surface area (Å²) in [4.78, 5) is 0. The van der Waals surface area contributed by atoms with E-state index in [2.05, 4.69) is 32.2 Å². The van der Waals surface area contributed by atoms with Crippen LogP contribution in [-0.4, -0.2) is 23.0 Å². The van der Waals surface area contributed by atoms with E-state index in [-0.39, 0.29) is 12.0 Å². The molecular formula is C5H8Br2O3. The van der Waals surface area contributed by atoms with Gasteiger partial charge in [0.1, 0.15) is 16.3 Å². The summed E-state index contributed by atoms with van der Waals surface area (Å²) in [7, 11) is 0. The van der Waals surface area contributed by atoms with Crippen molar-refractivity contribution in [2.24, 2.45) is 5.41 Å². The highest BCUT2D eigenvalue weighted by Gasteiger charge is 2.58. The summed E-state index contributed by atoms with van der Waals surface area (Å²) in [5, 5.41) is 8.90. The van der Waals surface area contributed by atoms with Crippen LogP contribution >= 0.6 is 32.2 Å². The first-order valence-electron chi connectivity index (χ1n) is 2.81. The lowest BCUT2D eigenvalue weighted by Gasteiger charge is -2.49. The number of aliphatic hydroxyl groups is 1. The zero-order valence-corrected chi connectivity index (χ0v) is 8.61. The van der Waals surface area contributed by atoms with E-state index < -0.39 is 4.70 Å². The van der Waals surface area contributed by atoms with Crippen LogP contribution in [-0.2, 0) is 8.57 Å². The van der Waals surface area contributed by atoms with Gasteiger partial charge in [0.15, 0.2) is 0 Å². The number of rotatable bonds is 2. The maximum absolute atomic E-state index is 8.90. The lowest BCUT2D eigenvalue weighted by atomic mass is 9.87. The van der Waals surface area contributed by atoms with Crippen LogP contribution in [0, 0.1) is 5.41 Å². The third kappa shape index (κ3) is 1.04. The second-order valence-corrected chi connectivity index (χ2v) is 3.99. The van der Waals surface area contributed by atoms with Crippen molar-refractivity contribution >= 4 is 32.2 Å². The Morgan fingerprint density at radius 1 is 1.80 bits per heavy atom. The highest BCUT2D eigenvalue weighted by atomic mass is 79.9. The normalized spacial score (nSPS) is 46.8. The number of hydrogen-bond donors (Lipinski definition) is 1. The maximum atomic E-state index is 8.90. The molecule has 1 saturated heterocycles. The summed E-state index contributed by atoms with van der Waals surface area (Å²) < 4.78 is 9.04. The van der Waals surface area contributed by atoms with Crippen molar-refractivity contribution in [1.82, 2.24) is 0 Å². The topological polar surface area (TPSA) is 38.7 Å². The number of aliphatic hydroxyl groups excluding tert-OH is 1. The summed E-state index contributed by atoms with van der Waals surface area (Å²) in [5.74, 6) is 0. The van der Waals surface area contributed by atoms with Crippen LogP contribution in [0.3, 0.4) is 0 Å². The van der Waals surface area contributed by atoms with Gasteiger partial charge in [-0.3, -0.25) is 3.83 Å². The van der Waals surface area contributed by atoms with Crippen molar-refractivity contribution in [2.75, 3.05) is 13.2 Å². The van der Waals surface area contributed by atoms with Gasteiger partial charge in [-0.1, -0.05) is 0 Å². The largest absolute Gasteiger partial charge is 0.395 e. The minimum absolute atomic E-state index is 0.0316. The first-order valence-corrected chi connectivity index (χ1v) is 4.25. The molecule has 0 spiro atoms. The Hall–Kier alpha value is 0.840. The van der Waals surface area contributed by atoms with Crippen LogP contribution in [0.1, 0.15) is 6.92 Å². The number of ether oxygens (including phenoxy) is 1. The first-order chi connectivity index (χ1) is 4.58. The smallest absolute Gasteiger partial charge is 0.248 e. The van der Waals surface area contributed by atoms with Crippen molar-refractivity contribution in [3.8, 4) is 0 Å². The van der Waals surface area contributed by atoms with Gasteiger partial charge in [0, 0.05) is 0 Å². The van der Waals surface area contributed by atoms with Crippen LogP contribution in [0.5, 0.6) is 0 Å². The molecule has 2 atom stereocenters. The molecule has 10 heavy (non-hydrogen) atoms. The van der Waals surface area contributed by atoms with E-state index in [1.807, 2.05) is 6.92 Å². The zero-order chi connectivity index (χ0) is 7.83. The van der Waals surface area contributed by atoms with Crippen molar-refractivity contribution in [3.63, 3.8) is 0 Å². The monoisotopic (exact) mass is 274 g/mol. The minimum atomic E-state index is -0.852. The average molecular weight is 276 g/mol. The Kier molecular flexibility index (Phi) is 2.42. The molecule has 1 N–H and O–H groups in total. The Morgan fingerprint density at radius 2 is 2.40 bits per heavy atom. The molecule has 0 saturated carbocycles. The van der Waals surface area contributed by atoms with Crippen LogP contribution < -0.4 is 0 Å². The van der Waals surface area contributed by atoms with Gasteiger partial charge in [0.05, 0.1) is 18.6 Å². The van der Waals surface area contributed by atoms with Gasteiger partial charge in [0.25, 0.3) is 0 Å². The minimum Gasteiger partial charge on any atom is -0.395 e. The Balaban J connectivity index is 2.64. The van der Waals surface area contributed by atoms with Crippen LogP contribution in [0.15, 0.2) is 0 Å². The van der Waals surface area contributed by atoms with Crippen LogP contribution in [0.25, 0.3) is 0 Å². The van der Waals surface area contributed by atoms with E-state index in [1.54, 1.807) is 0 Å². The standard InChI is InChI=1S/C5H8Br2O3/c1-4(2-8)3-9-5(4,6)10-7/h8H,2-3H2,1H3. The van der Waals surface area contributed by atoms with E-state index in [0.29, 0.717) is 6.61 Å². The zero-order valence-electron chi connectivity index (χ0n) is 5.43. The molecule has 0 aliphatic carbocycles. The molecule has 1 fully saturated rings. The van der Waals surface area contributed by atoms with Crippen molar-refractivity contribution in [1.29, 1.82) is 0 Å². The molecule has 3 nitrogen and oxygen atoms in total. The number of alkyl halides is 1. The molecule has 0 aromatic heterocycles. The Bertz CT molecular complexity index is 119. The molecule has 60 valence electrons. The van der Waals surface area contributed by atoms with Gasteiger partial charge in [0.2, 0.25) is 4.70 Å². The Labute approximate surface area is 76.3 Å². The molecule has 1 rings (SSSR count). The quantitative estimate of drug-likeness (QED) is 0.774. The molecule has 1 heterocycles. The van der Waals surface area contributed by atoms with Crippen molar-refractivity contribution < 1.29 is 13.7 Å². The molecule has 0 aromatic carbocycles. The van der Waals surface area contributed by atoms with Gasteiger partial charge in [-0.2, -0.15) is 0 Å². The molecule has 0 amide bonds. The molecule has 1 aliphatic heterocycles. The summed E-state index contributed by atoms with van der Waals surface area (Å²) in [6.07, 6.45) is 0. The molecular weight excluding hydrogens is 268 g/mol. The highest BCUT2D eigenvalue weighted by molar-refractivity contribution is 9.10. The molecule has 0 radical (unpaired) electrons. The van der Waals surface area contributed by atoms with Gasteiger partial charge in [-0.05, 0) is 22.9 Å². The highest BCUT2D eigenvalue weighted by Crippen LogP contribution is 2.50. The predicted molar refractivity (Wildman–Crippen MR) is 42.8 cm³/mol. The second kappa shape index (κ2) is 2.71. The molecule has 2 unspecified atom stereocenters. The first kappa shape index (κ1) is 8.93. The summed E-state index contributed by atoms with van der Waals surface area (Å²) in [6.45, 7) is 2.40. The summed E-state index contributed by atoms with van der Waals surface area (Å²) in [6, 6.07) is 0. The fraction of sp³-hybridized carbons (Fsp3) is 1.00. The Morgan fingerprint density at radius 3 is 2.50 bits per heavy atom. The van der Waals surface area contributed by atoms with Gasteiger partial charge >= 0.3 is 0 Å². The van der Waals surface area contributed by atoms with Crippen molar-refractivity contribution in [3.05, 3.63) is 0 Å². The lowest BCUT2D eigenvalue weighted by molar-refractivity contribution is -0.291. The van der Waals surface area contributed by atoms with Crippen LogP contribution in [0.4, 0.5) is 0 Å². The maximum Gasteiger partial charge on any atom is 0.248 e. The third-order valence-corrected chi connectivity index (χ3v) is 3.98. The van der Waals surface area contributed by atoms with E-state index in [1.165, 1.54) is 0 Å². The number of halogens is 2. The second-order valence-electron chi connectivity index (χ2n) is 2.62. The molecule has 5 heteroatoms. The lowest BCUT2D eigenvalue weighted by Crippen LogP contribution is -2.59. The SMILES string of the molecule is CC1(CO)COC1(Br)OBr. The molecule has 0 bridgehead atoms. The van der Waals surface area contributed by atoms with E-state index in [9.17, 15) is 0 Å². The van der Waals surface area contributed by atoms with Crippen LogP contribution in [0.2, 0.25) is 0 Å².